The summed E-state index contributed by atoms with van der Waals surface area (Å²) < 4.78 is 40.3. The van der Waals surface area contributed by atoms with Crippen LogP contribution in [0.4, 0.5) is 4.39 Å². The summed E-state index contributed by atoms with van der Waals surface area (Å²) in [5, 5.41) is 0.725. The molecule has 1 amide bonds. The Morgan fingerprint density at radius 2 is 1.53 bits per heavy atom. The van der Waals surface area contributed by atoms with Crippen molar-refractivity contribution >= 4 is 38.9 Å². The van der Waals surface area contributed by atoms with E-state index in [0.717, 1.165) is 30.8 Å². The van der Waals surface area contributed by atoms with Gasteiger partial charge in [-0.3, -0.25) is 14.6 Å². The Labute approximate surface area is 197 Å². The first-order valence-electron chi connectivity index (χ1n) is 10.4. The molecule has 1 aliphatic carbocycles. The number of primary amides is 1. The van der Waals surface area contributed by atoms with Crippen LogP contribution in [0.5, 0.6) is 0 Å². The topological polar surface area (TPSA) is 83.7 Å². The Balaban J connectivity index is 1.47. The SMILES string of the molecule is NC(=O)c1cc(S(=O)(=O)C2CC2)c(CN2CCN(Cc3cc(Cl)cc(Cl)c3)CC2)cc1F. The first kappa shape index (κ1) is 23.4. The number of benzene rings is 2. The van der Waals surface area contributed by atoms with E-state index in [-0.39, 0.29) is 11.4 Å². The normalized spacial score (nSPS) is 18.1. The quantitative estimate of drug-likeness (QED) is 0.589. The van der Waals surface area contributed by atoms with Gasteiger partial charge in [-0.1, -0.05) is 23.2 Å². The van der Waals surface area contributed by atoms with E-state index in [1.54, 1.807) is 6.07 Å². The van der Waals surface area contributed by atoms with Crippen LogP contribution in [0.15, 0.2) is 35.2 Å². The number of sulfone groups is 1. The Bertz CT molecular complexity index is 1130. The lowest BCUT2D eigenvalue weighted by molar-refractivity contribution is 0.0996. The summed E-state index contributed by atoms with van der Waals surface area (Å²) >= 11 is 12.2. The number of hydrogen-bond acceptors (Lipinski definition) is 5. The Morgan fingerprint density at radius 3 is 2.06 bits per heavy atom. The average Bonchev–Trinajstić information content (AvgIpc) is 3.54. The summed E-state index contributed by atoms with van der Waals surface area (Å²) in [6, 6.07) is 7.73. The standard InChI is InChI=1S/C22H24Cl2FN3O3S/c23-16-7-14(8-17(24)10-16)12-27-3-5-28(6-4-27)13-15-9-20(25)19(22(26)29)11-21(15)32(30,31)18-1-2-18/h7-11,18H,1-6,12-13H2,(H2,26,29). The molecule has 0 bridgehead atoms. The van der Waals surface area contributed by atoms with Gasteiger partial charge in [0.15, 0.2) is 9.84 Å². The molecule has 2 aromatic rings. The van der Waals surface area contributed by atoms with E-state index >= 15 is 0 Å². The minimum Gasteiger partial charge on any atom is -0.366 e. The molecule has 0 spiro atoms. The fourth-order valence-corrected chi connectivity index (χ4v) is 6.49. The highest BCUT2D eigenvalue weighted by Crippen LogP contribution is 2.36. The van der Waals surface area contributed by atoms with E-state index in [2.05, 4.69) is 9.80 Å². The number of carbonyl (C=O) groups excluding carboxylic acids is 1. The molecule has 0 atom stereocenters. The number of piperazine rings is 1. The van der Waals surface area contributed by atoms with Crippen LogP contribution in [0.1, 0.15) is 34.3 Å². The van der Waals surface area contributed by atoms with Crippen molar-refractivity contribution in [1.82, 2.24) is 9.80 Å². The van der Waals surface area contributed by atoms with Crippen LogP contribution >= 0.6 is 23.2 Å². The van der Waals surface area contributed by atoms with Gasteiger partial charge in [0, 0.05) is 49.3 Å². The monoisotopic (exact) mass is 499 g/mol. The summed E-state index contributed by atoms with van der Waals surface area (Å²) in [5.74, 6) is -1.77. The van der Waals surface area contributed by atoms with Gasteiger partial charge in [0.1, 0.15) is 5.82 Å². The number of rotatable bonds is 7. The number of halogens is 3. The van der Waals surface area contributed by atoms with Gasteiger partial charge < -0.3 is 5.73 Å². The molecule has 32 heavy (non-hydrogen) atoms. The van der Waals surface area contributed by atoms with E-state index in [0.29, 0.717) is 48.1 Å². The van der Waals surface area contributed by atoms with E-state index in [1.807, 2.05) is 12.1 Å². The zero-order valence-electron chi connectivity index (χ0n) is 17.4. The summed E-state index contributed by atoms with van der Waals surface area (Å²) in [4.78, 5) is 15.9. The smallest absolute Gasteiger partial charge is 0.251 e. The molecule has 6 nitrogen and oxygen atoms in total. The first-order chi connectivity index (χ1) is 15.1. The second kappa shape index (κ2) is 9.27. The summed E-state index contributed by atoms with van der Waals surface area (Å²) in [5.41, 5.74) is 6.25. The molecule has 1 saturated heterocycles. The van der Waals surface area contributed by atoms with Crippen LogP contribution in [0, 0.1) is 5.82 Å². The van der Waals surface area contributed by atoms with Crippen molar-refractivity contribution in [2.75, 3.05) is 26.2 Å². The van der Waals surface area contributed by atoms with Gasteiger partial charge in [-0.05, 0) is 54.3 Å². The number of hydrogen-bond donors (Lipinski definition) is 1. The minimum absolute atomic E-state index is 0.0196. The lowest BCUT2D eigenvalue weighted by atomic mass is 10.1. The second-order valence-electron chi connectivity index (χ2n) is 8.38. The van der Waals surface area contributed by atoms with Gasteiger partial charge in [-0.2, -0.15) is 0 Å². The third-order valence-electron chi connectivity index (χ3n) is 5.87. The zero-order valence-corrected chi connectivity index (χ0v) is 19.7. The number of amides is 1. The maximum atomic E-state index is 14.5. The Kier molecular flexibility index (Phi) is 6.79. The molecule has 1 heterocycles. The lowest BCUT2D eigenvalue weighted by Crippen LogP contribution is -2.45. The van der Waals surface area contributed by atoms with E-state index < -0.39 is 32.4 Å². The molecule has 2 N–H and O–H groups in total. The summed E-state index contributed by atoms with van der Waals surface area (Å²) in [7, 11) is -3.62. The highest BCUT2D eigenvalue weighted by molar-refractivity contribution is 7.92. The fraction of sp³-hybridized carbons (Fsp3) is 0.409. The lowest BCUT2D eigenvalue weighted by Gasteiger charge is -2.35. The highest BCUT2D eigenvalue weighted by Gasteiger charge is 2.39. The van der Waals surface area contributed by atoms with E-state index in [9.17, 15) is 17.6 Å². The summed E-state index contributed by atoms with van der Waals surface area (Å²) in [6.07, 6.45) is 1.16. The van der Waals surface area contributed by atoms with Gasteiger partial charge in [-0.25, -0.2) is 12.8 Å². The Hall–Kier alpha value is -1.71. The fourth-order valence-electron chi connectivity index (χ4n) is 4.04. The molecule has 0 radical (unpaired) electrons. The zero-order chi connectivity index (χ0) is 23.0. The minimum atomic E-state index is -3.62. The molecule has 2 aliphatic rings. The van der Waals surface area contributed by atoms with Crippen molar-refractivity contribution in [2.24, 2.45) is 5.73 Å². The van der Waals surface area contributed by atoms with Crippen molar-refractivity contribution in [2.45, 2.75) is 36.1 Å². The van der Waals surface area contributed by atoms with Crippen LogP contribution in [-0.4, -0.2) is 55.6 Å². The van der Waals surface area contributed by atoms with Gasteiger partial charge in [0.05, 0.1) is 15.7 Å². The Morgan fingerprint density at radius 1 is 0.969 bits per heavy atom. The molecule has 0 aromatic heterocycles. The molecule has 172 valence electrons. The summed E-state index contributed by atoms with van der Waals surface area (Å²) in [6.45, 7) is 3.89. The molecule has 1 saturated carbocycles. The molecule has 4 rings (SSSR count). The van der Waals surface area contributed by atoms with Crippen LogP contribution in [-0.2, 0) is 22.9 Å². The molecule has 2 aromatic carbocycles. The van der Waals surface area contributed by atoms with E-state index in [4.69, 9.17) is 28.9 Å². The maximum Gasteiger partial charge on any atom is 0.251 e. The highest BCUT2D eigenvalue weighted by atomic mass is 35.5. The number of carbonyl (C=O) groups is 1. The average molecular weight is 500 g/mol. The molecule has 10 heteroatoms. The largest absolute Gasteiger partial charge is 0.366 e. The number of nitrogens with zero attached hydrogens (tertiary/aromatic N) is 2. The van der Waals surface area contributed by atoms with Crippen LogP contribution in [0.3, 0.4) is 0 Å². The van der Waals surface area contributed by atoms with Crippen molar-refractivity contribution in [1.29, 1.82) is 0 Å². The van der Waals surface area contributed by atoms with E-state index in [1.165, 1.54) is 0 Å². The van der Waals surface area contributed by atoms with Crippen molar-refractivity contribution in [3.8, 4) is 0 Å². The van der Waals surface area contributed by atoms with Crippen LogP contribution in [0.2, 0.25) is 10.0 Å². The van der Waals surface area contributed by atoms with Crippen molar-refractivity contribution in [3.05, 3.63) is 62.9 Å². The molecular weight excluding hydrogens is 476 g/mol. The second-order valence-corrected chi connectivity index (χ2v) is 11.4. The molecule has 2 fully saturated rings. The van der Waals surface area contributed by atoms with Gasteiger partial charge in [0.25, 0.3) is 5.91 Å². The predicted molar refractivity (Wildman–Crippen MR) is 122 cm³/mol. The van der Waals surface area contributed by atoms with Crippen LogP contribution < -0.4 is 5.73 Å². The number of nitrogens with two attached hydrogens (primary N) is 1. The predicted octanol–water partition coefficient (Wildman–Crippen LogP) is 3.49. The molecular formula is C22H24Cl2FN3O3S. The van der Waals surface area contributed by atoms with Gasteiger partial charge in [-0.15, -0.1) is 0 Å². The molecule has 1 aliphatic heterocycles. The van der Waals surface area contributed by atoms with Gasteiger partial charge >= 0.3 is 0 Å². The van der Waals surface area contributed by atoms with Crippen LogP contribution in [0.25, 0.3) is 0 Å². The van der Waals surface area contributed by atoms with Crippen molar-refractivity contribution in [3.63, 3.8) is 0 Å². The molecule has 0 unspecified atom stereocenters. The van der Waals surface area contributed by atoms with Gasteiger partial charge in [0.2, 0.25) is 0 Å². The first-order valence-corrected chi connectivity index (χ1v) is 12.7. The maximum absolute atomic E-state index is 14.5. The third kappa shape index (κ3) is 5.26. The third-order valence-corrected chi connectivity index (χ3v) is 8.65. The van der Waals surface area contributed by atoms with Crippen molar-refractivity contribution < 1.29 is 17.6 Å².